The smallest absolute Gasteiger partial charge is 0.188 e. The van der Waals surface area contributed by atoms with Gasteiger partial charge in [-0.2, -0.15) is 5.26 Å². The topological polar surface area (TPSA) is 123 Å². The molecule has 7 nitrogen and oxygen atoms in total. The predicted molar refractivity (Wildman–Crippen MR) is 54.5 cm³/mol. The lowest BCUT2D eigenvalue weighted by Gasteiger charge is -2.41. The maximum Gasteiger partial charge on any atom is 0.188 e. The van der Waals surface area contributed by atoms with E-state index in [0.717, 1.165) is 0 Å². The summed E-state index contributed by atoms with van der Waals surface area (Å²) in [6.07, 6.45) is -6.73. The Kier molecular flexibility index (Phi) is 4.43. The molecule has 5 atom stereocenters. The highest BCUT2D eigenvalue weighted by atomic mass is 16.7. The third-order valence-electron chi connectivity index (χ3n) is 2.53. The van der Waals surface area contributed by atoms with Crippen LogP contribution >= 0.6 is 0 Å². The monoisotopic (exact) mass is 247 g/mol. The van der Waals surface area contributed by atoms with E-state index in [0.29, 0.717) is 0 Å². The molecule has 0 amide bonds. The van der Waals surface area contributed by atoms with Crippen LogP contribution in [0.25, 0.3) is 0 Å². The van der Waals surface area contributed by atoms with Gasteiger partial charge in [-0.15, -0.1) is 0 Å². The fraction of sp³-hybridized carbons (Fsp3) is 0.900. The summed E-state index contributed by atoms with van der Waals surface area (Å²) in [5.74, 6) is 0. The Morgan fingerprint density at radius 2 is 1.82 bits per heavy atom. The number of nitrogens with zero attached hydrogens (tertiary/aromatic N) is 1. The molecule has 0 aromatic carbocycles. The second-order valence-electron chi connectivity index (χ2n) is 4.44. The van der Waals surface area contributed by atoms with Gasteiger partial charge < -0.3 is 29.9 Å². The van der Waals surface area contributed by atoms with Crippen LogP contribution in [0.5, 0.6) is 0 Å². The van der Waals surface area contributed by atoms with Crippen molar-refractivity contribution in [2.75, 3.05) is 6.61 Å². The zero-order chi connectivity index (χ0) is 13.2. The van der Waals surface area contributed by atoms with Crippen molar-refractivity contribution < 1.29 is 29.9 Å². The van der Waals surface area contributed by atoms with Crippen molar-refractivity contribution >= 4 is 0 Å². The Morgan fingerprint density at radius 1 is 1.24 bits per heavy atom. The van der Waals surface area contributed by atoms with Gasteiger partial charge in [0.15, 0.2) is 11.9 Å². The van der Waals surface area contributed by atoms with Gasteiger partial charge in [0.05, 0.1) is 12.7 Å². The molecule has 0 aromatic heterocycles. The van der Waals surface area contributed by atoms with Crippen LogP contribution in [0, 0.1) is 11.3 Å². The first-order valence-electron chi connectivity index (χ1n) is 5.22. The third kappa shape index (κ3) is 3.13. The van der Waals surface area contributed by atoms with Crippen molar-refractivity contribution in [2.45, 2.75) is 50.2 Å². The van der Waals surface area contributed by atoms with E-state index in [1.807, 2.05) is 6.07 Å². The Labute approximate surface area is 98.8 Å². The summed E-state index contributed by atoms with van der Waals surface area (Å²) in [7, 11) is 0. The Hall–Kier alpha value is -0.750. The first-order valence-corrected chi connectivity index (χ1v) is 5.22. The summed E-state index contributed by atoms with van der Waals surface area (Å²) in [5.41, 5.74) is -1.21. The number of rotatable bonds is 3. The maximum atomic E-state index is 9.63. The van der Waals surface area contributed by atoms with Crippen LogP contribution < -0.4 is 0 Å². The fourth-order valence-corrected chi connectivity index (χ4v) is 1.48. The van der Waals surface area contributed by atoms with Crippen LogP contribution in [0.3, 0.4) is 0 Å². The average molecular weight is 247 g/mol. The van der Waals surface area contributed by atoms with Crippen LogP contribution in [0.1, 0.15) is 13.8 Å². The third-order valence-corrected chi connectivity index (χ3v) is 2.53. The molecule has 1 aliphatic rings. The molecule has 0 bridgehead atoms. The van der Waals surface area contributed by atoms with E-state index in [1.54, 1.807) is 0 Å². The van der Waals surface area contributed by atoms with Crippen LogP contribution in [0.2, 0.25) is 0 Å². The van der Waals surface area contributed by atoms with Gasteiger partial charge in [-0.25, -0.2) is 0 Å². The number of aliphatic hydroxyl groups excluding tert-OH is 4. The van der Waals surface area contributed by atoms with Crippen molar-refractivity contribution in [1.29, 1.82) is 5.26 Å². The van der Waals surface area contributed by atoms with Gasteiger partial charge in [0.25, 0.3) is 0 Å². The van der Waals surface area contributed by atoms with E-state index in [1.165, 1.54) is 13.8 Å². The average Bonchev–Trinajstić information content (AvgIpc) is 2.30. The number of hydrogen-bond acceptors (Lipinski definition) is 7. The van der Waals surface area contributed by atoms with Crippen molar-refractivity contribution in [3.8, 4) is 6.07 Å². The predicted octanol–water partition coefficient (Wildman–Crippen LogP) is -1.89. The highest BCUT2D eigenvalue weighted by Gasteiger charge is 2.45. The van der Waals surface area contributed by atoms with Crippen molar-refractivity contribution in [1.82, 2.24) is 0 Å². The molecule has 7 heteroatoms. The lowest BCUT2D eigenvalue weighted by molar-refractivity contribution is -0.316. The molecule has 1 saturated heterocycles. The molecule has 0 saturated carbocycles. The molecular weight excluding hydrogens is 230 g/mol. The number of aliphatic hydroxyl groups is 4. The summed E-state index contributed by atoms with van der Waals surface area (Å²) in [5, 5.41) is 46.3. The van der Waals surface area contributed by atoms with Crippen molar-refractivity contribution in [3.05, 3.63) is 0 Å². The van der Waals surface area contributed by atoms with Gasteiger partial charge in [-0.05, 0) is 13.8 Å². The van der Waals surface area contributed by atoms with E-state index in [4.69, 9.17) is 19.8 Å². The van der Waals surface area contributed by atoms with Gasteiger partial charge >= 0.3 is 0 Å². The van der Waals surface area contributed by atoms with Crippen molar-refractivity contribution in [3.63, 3.8) is 0 Å². The second-order valence-corrected chi connectivity index (χ2v) is 4.44. The standard InChI is InChI=1S/C10H17NO6/c1-10(2,4-11)17-9-8(15)7(14)6(13)5(3-12)16-9/h5-9,12-15H,3H2,1-2H3/t5-,6-,7+,8-,9+/m0/s1. The molecular formula is C10H17NO6. The SMILES string of the molecule is CC(C)(C#N)O[C@H]1O[C@@H](CO)[C@H](O)[C@@H](O)[C@@H]1O. The Morgan fingerprint density at radius 3 is 2.29 bits per heavy atom. The minimum absolute atomic E-state index is 0.530. The summed E-state index contributed by atoms with van der Waals surface area (Å²) in [6.45, 7) is 2.40. The van der Waals surface area contributed by atoms with E-state index in [2.05, 4.69) is 0 Å². The molecule has 0 radical (unpaired) electrons. The first-order chi connectivity index (χ1) is 7.82. The van der Waals surface area contributed by atoms with E-state index >= 15 is 0 Å². The van der Waals surface area contributed by atoms with Crippen molar-refractivity contribution in [2.24, 2.45) is 0 Å². The summed E-state index contributed by atoms with van der Waals surface area (Å²) >= 11 is 0. The van der Waals surface area contributed by atoms with Crippen LogP contribution in [0.4, 0.5) is 0 Å². The van der Waals surface area contributed by atoms with Gasteiger partial charge in [0.2, 0.25) is 0 Å². The number of hydrogen-bond donors (Lipinski definition) is 4. The molecule has 0 spiro atoms. The molecule has 1 heterocycles. The highest BCUT2D eigenvalue weighted by Crippen LogP contribution is 2.25. The first kappa shape index (κ1) is 14.3. The zero-order valence-electron chi connectivity index (χ0n) is 9.65. The molecule has 1 rings (SSSR count). The Balaban J connectivity index is 2.76. The van der Waals surface area contributed by atoms with E-state index < -0.39 is 42.9 Å². The summed E-state index contributed by atoms with van der Waals surface area (Å²) in [6, 6.07) is 1.85. The van der Waals surface area contributed by atoms with Gasteiger partial charge in [-0.1, -0.05) is 0 Å². The van der Waals surface area contributed by atoms with Crippen LogP contribution in [-0.2, 0) is 9.47 Å². The molecule has 1 aliphatic heterocycles. The zero-order valence-corrected chi connectivity index (χ0v) is 9.65. The molecule has 4 N–H and O–H groups in total. The molecule has 98 valence electrons. The van der Waals surface area contributed by atoms with Gasteiger partial charge in [0.1, 0.15) is 24.4 Å². The molecule has 17 heavy (non-hydrogen) atoms. The summed E-state index contributed by atoms with van der Waals surface area (Å²) < 4.78 is 10.3. The maximum absolute atomic E-state index is 9.63. The molecule has 0 aliphatic carbocycles. The minimum atomic E-state index is -1.50. The number of ether oxygens (including phenoxy) is 2. The minimum Gasteiger partial charge on any atom is -0.394 e. The summed E-state index contributed by atoms with van der Waals surface area (Å²) in [4.78, 5) is 0. The van der Waals surface area contributed by atoms with Gasteiger partial charge in [0, 0.05) is 0 Å². The van der Waals surface area contributed by atoms with Gasteiger partial charge in [-0.3, -0.25) is 0 Å². The van der Waals surface area contributed by atoms with E-state index in [9.17, 15) is 15.3 Å². The van der Waals surface area contributed by atoms with Crippen LogP contribution in [-0.4, -0.2) is 63.3 Å². The Bertz CT molecular complexity index is 300. The fourth-order valence-electron chi connectivity index (χ4n) is 1.48. The molecule has 0 unspecified atom stereocenters. The normalized spacial score (nSPS) is 38.8. The van der Waals surface area contributed by atoms with E-state index in [-0.39, 0.29) is 0 Å². The number of nitriles is 1. The highest BCUT2D eigenvalue weighted by molar-refractivity contribution is 4.97. The largest absolute Gasteiger partial charge is 0.394 e. The van der Waals surface area contributed by atoms with Crippen LogP contribution in [0.15, 0.2) is 0 Å². The molecule has 0 aromatic rings. The lowest BCUT2D eigenvalue weighted by atomic mass is 9.99. The quantitative estimate of drug-likeness (QED) is 0.459. The lowest BCUT2D eigenvalue weighted by Crippen LogP contribution is -2.60. The molecule has 1 fully saturated rings. The second kappa shape index (κ2) is 5.27.